The predicted octanol–water partition coefficient (Wildman–Crippen LogP) is 6.39. The number of carbonyl (C=O) groups excluding carboxylic acids is 1. The SMILES string of the molecule is CCCOc1cccc([C@@H]2c3c(oc4ccc(C)cc4c3=O)C(=O)N2c2nc3ccc(F)cc3s2)c1. The summed E-state index contributed by atoms with van der Waals surface area (Å²) in [6, 6.07) is 16.2. The number of anilines is 1. The number of rotatable bonds is 5. The molecule has 2 aromatic heterocycles. The van der Waals surface area contributed by atoms with Gasteiger partial charge in [0.25, 0.3) is 5.91 Å². The normalized spacial score (nSPS) is 15.1. The molecule has 0 saturated carbocycles. The van der Waals surface area contributed by atoms with Gasteiger partial charge in [-0.15, -0.1) is 0 Å². The summed E-state index contributed by atoms with van der Waals surface area (Å²) in [6.45, 7) is 4.46. The van der Waals surface area contributed by atoms with E-state index in [-0.39, 0.29) is 22.6 Å². The zero-order valence-electron chi connectivity index (χ0n) is 19.6. The van der Waals surface area contributed by atoms with E-state index in [2.05, 4.69) is 4.98 Å². The van der Waals surface area contributed by atoms with Crippen LogP contribution in [0.4, 0.5) is 9.52 Å². The zero-order valence-corrected chi connectivity index (χ0v) is 20.4. The van der Waals surface area contributed by atoms with Crippen molar-refractivity contribution in [1.82, 2.24) is 4.98 Å². The van der Waals surface area contributed by atoms with Gasteiger partial charge in [-0.1, -0.05) is 42.0 Å². The molecule has 0 aliphatic carbocycles. The molecule has 0 unspecified atom stereocenters. The number of nitrogens with zero attached hydrogens (tertiary/aromatic N) is 2. The number of fused-ring (bicyclic) bond motifs is 3. The highest BCUT2D eigenvalue weighted by Crippen LogP contribution is 2.44. The molecule has 0 radical (unpaired) electrons. The van der Waals surface area contributed by atoms with Crippen LogP contribution in [-0.4, -0.2) is 17.5 Å². The molecule has 0 bridgehead atoms. The Morgan fingerprint density at radius 3 is 2.81 bits per heavy atom. The first-order valence-electron chi connectivity index (χ1n) is 11.6. The minimum Gasteiger partial charge on any atom is -0.494 e. The van der Waals surface area contributed by atoms with E-state index in [1.165, 1.54) is 28.4 Å². The van der Waals surface area contributed by atoms with Crippen LogP contribution in [0.1, 0.15) is 46.6 Å². The van der Waals surface area contributed by atoms with E-state index in [1.807, 2.05) is 44.2 Å². The van der Waals surface area contributed by atoms with Crippen molar-refractivity contribution in [3.05, 3.63) is 99.2 Å². The van der Waals surface area contributed by atoms with Crippen LogP contribution in [0.5, 0.6) is 5.75 Å². The highest BCUT2D eigenvalue weighted by molar-refractivity contribution is 7.22. The lowest BCUT2D eigenvalue weighted by atomic mass is 9.98. The number of benzene rings is 3. The van der Waals surface area contributed by atoms with E-state index >= 15 is 0 Å². The molecule has 3 heterocycles. The first-order chi connectivity index (χ1) is 17.4. The van der Waals surface area contributed by atoms with Crippen molar-refractivity contribution in [2.45, 2.75) is 26.3 Å². The third-order valence-corrected chi connectivity index (χ3v) is 7.24. The summed E-state index contributed by atoms with van der Waals surface area (Å²) in [5, 5.41) is 0.773. The number of aromatic nitrogens is 1. The first-order valence-corrected chi connectivity index (χ1v) is 12.5. The van der Waals surface area contributed by atoms with Gasteiger partial charge in [-0.05, 0) is 61.4 Å². The van der Waals surface area contributed by atoms with Gasteiger partial charge < -0.3 is 9.15 Å². The Labute approximate surface area is 209 Å². The highest BCUT2D eigenvalue weighted by Gasteiger charge is 2.45. The molecule has 1 aliphatic heterocycles. The summed E-state index contributed by atoms with van der Waals surface area (Å²) in [4.78, 5) is 33.7. The maximum atomic E-state index is 13.9. The summed E-state index contributed by atoms with van der Waals surface area (Å²) >= 11 is 1.19. The molecule has 0 saturated heterocycles. The first kappa shape index (κ1) is 22.4. The summed E-state index contributed by atoms with van der Waals surface area (Å²) < 4.78 is 26.3. The average molecular weight is 501 g/mol. The van der Waals surface area contributed by atoms with Crippen molar-refractivity contribution in [3.8, 4) is 5.75 Å². The molecule has 36 heavy (non-hydrogen) atoms. The number of hydrogen-bond acceptors (Lipinski definition) is 6. The number of ether oxygens (including phenoxy) is 1. The Kier molecular flexibility index (Phi) is 5.34. The van der Waals surface area contributed by atoms with Gasteiger partial charge in [0.05, 0.1) is 33.8 Å². The Bertz CT molecular complexity index is 1720. The largest absolute Gasteiger partial charge is 0.494 e. The van der Waals surface area contributed by atoms with E-state index in [1.54, 1.807) is 18.2 Å². The second-order valence-electron chi connectivity index (χ2n) is 8.78. The molecule has 0 spiro atoms. The third-order valence-electron chi connectivity index (χ3n) is 6.22. The second kappa shape index (κ2) is 8.57. The Morgan fingerprint density at radius 2 is 1.97 bits per heavy atom. The van der Waals surface area contributed by atoms with Crippen molar-refractivity contribution in [3.63, 3.8) is 0 Å². The lowest BCUT2D eigenvalue weighted by Gasteiger charge is -2.23. The van der Waals surface area contributed by atoms with Gasteiger partial charge >= 0.3 is 0 Å². The topological polar surface area (TPSA) is 72.6 Å². The molecular formula is C28H21FN2O4S. The predicted molar refractivity (Wildman–Crippen MR) is 138 cm³/mol. The molecule has 3 aromatic carbocycles. The summed E-state index contributed by atoms with van der Waals surface area (Å²) in [7, 11) is 0. The van der Waals surface area contributed by atoms with E-state index < -0.39 is 11.9 Å². The molecule has 180 valence electrons. The van der Waals surface area contributed by atoms with Crippen LogP contribution in [0.25, 0.3) is 21.2 Å². The molecule has 1 amide bonds. The standard InChI is InChI=1S/C28H21FN2O4S/c1-3-11-34-18-6-4-5-16(13-18)24-23-25(32)19-12-15(2)7-10-21(19)35-26(23)27(33)31(24)28-30-20-9-8-17(29)14-22(20)36-28/h4-10,12-14,24H,3,11H2,1-2H3/t24-/m1/s1. The van der Waals surface area contributed by atoms with Gasteiger partial charge in [0.1, 0.15) is 17.1 Å². The van der Waals surface area contributed by atoms with Gasteiger partial charge in [0.15, 0.2) is 10.6 Å². The number of thiazole rings is 1. The van der Waals surface area contributed by atoms with Gasteiger partial charge in [0.2, 0.25) is 5.76 Å². The fourth-order valence-electron chi connectivity index (χ4n) is 4.58. The monoisotopic (exact) mass is 500 g/mol. The van der Waals surface area contributed by atoms with Crippen molar-refractivity contribution in [2.24, 2.45) is 0 Å². The molecule has 1 atom stereocenters. The molecule has 1 aliphatic rings. The molecule has 6 nitrogen and oxygen atoms in total. The Balaban J connectivity index is 1.60. The quantitative estimate of drug-likeness (QED) is 0.280. The fraction of sp³-hybridized carbons (Fsp3) is 0.179. The maximum absolute atomic E-state index is 13.9. The molecule has 5 aromatic rings. The number of hydrogen-bond donors (Lipinski definition) is 0. The second-order valence-corrected chi connectivity index (χ2v) is 9.79. The van der Waals surface area contributed by atoms with Crippen molar-refractivity contribution >= 4 is 43.6 Å². The van der Waals surface area contributed by atoms with Gasteiger partial charge in [0, 0.05) is 0 Å². The average Bonchev–Trinajstić information content (AvgIpc) is 3.41. The lowest BCUT2D eigenvalue weighted by molar-refractivity contribution is 0.0971. The smallest absolute Gasteiger partial charge is 0.297 e. The summed E-state index contributed by atoms with van der Waals surface area (Å²) in [6.07, 6.45) is 0.846. The van der Waals surface area contributed by atoms with Crippen LogP contribution < -0.4 is 15.1 Å². The zero-order chi connectivity index (χ0) is 25.0. The van der Waals surface area contributed by atoms with Crippen LogP contribution in [0.15, 0.2) is 69.9 Å². The Morgan fingerprint density at radius 1 is 1.11 bits per heavy atom. The van der Waals surface area contributed by atoms with E-state index in [9.17, 15) is 14.0 Å². The lowest BCUT2D eigenvalue weighted by Crippen LogP contribution is -2.29. The van der Waals surface area contributed by atoms with Gasteiger partial charge in [-0.3, -0.25) is 14.5 Å². The molecule has 0 N–H and O–H groups in total. The number of amides is 1. The fourth-order valence-corrected chi connectivity index (χ4v) is 5.60. The molecular weight excluding hydrogens is 479 g/mol. The van der Waals surface area contributed by atoms with E-state index in [0.717, 1.165) is 12.0 Å². The number of halogens is 1. The van der Waals surface area contributed by atoms with Crippen molar-refractivity contribution in [1.29, 1.82) is 0 Å². The van der Waals surface area contributed by atoms with Crippen LogP contribution in [0.3, 0.4) is 0 Å². The minimum atomic E-state index is -0.774. The van der Waals surface area contributed by atoms with E-state index in [4.69, 9.17) is 9.15 Å². The van der Waals surface area contributed by atoms with Crippen molar-refractivity contribution in [2.75, 3.05) is 11.5 Å². The van der Waals surface area contributed by atoms with Crippen LogP contribution in [-0.2, 0) is 0 Å². The molecule has 6 rings (SSSR count). The van der Waals surface area contributed by atoms with Gasteiger partial charge in [-0.2, -0.15) is 0 Å². The number of aryl methyl sites for hydroxylation is 1. The van der Waals surface area contributed by atoms with Crippen LogP contribution in [0.2, 0.25) is 0 Å². The number of carbonyl (C=O) groups is 1. The van der Waals surface area contributed by atoms with Crippen molar-refractivity contribution < 1.29 is 18.3 Å². The Hall–Kier alpha value is -4.04. The third kappa shape index (κ3) is 3.56. The molecule has 8 heteroatoms. The molecule has 0 fully saturated rings. The summed E-state index contributed by atoms with van der Waals surface area (Å²) in [5.74, 6) is -0.215. The highest BCUT2D eigenvalue weighted by atomic mass is 32.1. The van der Waals surface area contributed by atoms with Crippen LogP contribution >= 0.6 is 11.3 Å². The minimum absolute atomic E-state index is 0.00771. The maximum Gasteiger partial charge on any atom is 0.297 e. The van der Waals surface area contributed by atoms with E-state index in [0.29, 0.717) is 44.2 Å². The van der Waals surface area contributed by atoms with Crippen LogP contribution in [0, 0.1) is 12.7 Å². The summed E-state index contributed by atoms with van der Waals surface area (Å²) in [5.41, 5.74) is 2.53. The van der Waals surface area contributed by atoms with Gasteiger partial charge in [-0.25, -0.2) is 9.37 Å².